The normalized spacial score (nSPS) is 31.0. The summed E-state index contributed by atoms with van der Waals surface area (Å²) in [6.07, 6.45) is 6.60. The van der Waals surface area contributed by atoms with E-state index in [1.54, 1.807) is 4.31 Å². The highest BCUT2D eigenvalue weighted by molar-refractivity contribution is 7.89. The van der Waals surface area contributed by atoms with Crippen molar-refractivity contribution in [2.75, 3.05) is 31.9 Å². The molecule has 0 radical (unpaired) electrons. The third-order valence-electron chi connectivity index (χ3n) is 4.62. The van der Waals surface area contributed by atoms with Gasteiger partial charge in [0.05, 0.1) is 5.75 Å². The molecule has 0 spiro atoms. The van der Waals surface area contributed by atoms with E-state index in [0.29, 0.717) is 11.7 Å². The molecule has 0 bridgehead atoms. The Bertz CT molecular complexity index is 364. The van der Waals surface area contributed by atoms with Crippen LogP contribution in [0.15, 0.2) is 0 Å². The van der Waals surface area contributed by atoms with Gasteiger partial charge in [-0.05, 0) is 57.0 Å². The van der Waals surface area contributed by atoms with Crippen LogP contribution in [0.3, 0.4) is 0 Å². The van der Waals surface area contributed by atoms with Gasteiger partial charge in [-0.1, -0.05) is 13.3 Å². The zero-order valence-corrected chi connectivity index (χ0v) is 12.9. The molecule has 2 fully saturated rings. The summed E-state index contributed by atoms with van der Waals surface area (Å²) in [5, 5.41) is 3.31. The minimum atomic E-state index is -3.04. The van der Waals surface area contributed by atoms with Gasteiger partial charge in [-0.15, -0.1) is 0 Å². The van der Waals surface area contributed by atoms with Crippen molar-refractivity contribution in [2.45, 2.75) is 45.4 Å². The Morgan fingerprint density at radius 3 is 2.58 bits per heavy atom. The lowest BCUT2D eigenvalue weighted by Crippen LogP contribution is -2.40. The Kier molecular flexibility index (Phi) is 5.66. The van der Waals surface area contributed by atoms with Crippen molar-refractivity contribution in [3.05, 3.63) is 0 Å². The smallest absolute Gasteiger partial charge is 0.214 e. The Labute approximate surface area is 118 Å². The molecule has 5 heteroatoms. The van der Waals surface area contributed by atoms with Crippen LogP contribution in [0.4, 0.5) is 0 Å². The first kappa shape index (κ1) is 15.3. The van der Waals surface area contributed by atoms with Gasteiger partial charge < -0.3 is 5.32 Å². The minimum absolute atomic E-state index is 0.309. The number of hydrogen-bond donors (Lipinski definition) is 1. The molecule has 2 aliphatic heterocycles. The monoisotopic (exact) mass is 288 g/mol. The second-order valence-corrected chi connectivity index (χ2v) is 8.11. The van der Waals surface area contributed by atoms with Crippen molar-refractivity contribution in [2.24, 2.45) is 11.8 Å². The first-order chi connectivity index (χ1) is 9.12. The van der Waals surface area contributed by atoms with Gasteiger partial charge in [-0.2, -0.15) is 0 Å². The number of nitrogens with one attached hydrogen (secondary N) is 1. The van der Waals surface area contributed by atoms with Crippen LogP contribution in [0, 0.1) is 11.8 Å². The van der Waals surface area contributed by atoms with E-state index in [-0.39, 0.29) is 0 Å². The molecule has 0 amide bonds. The minimum Gasteiger partial charge on any atom is -0.316 e. The fourth-order valence-electron chi connectivity index (χ4n) is 3.29. The van der Waals surface area contributed by atoms with Crippen molar-refractivity contribution in [3.63, 3.8) is 0 Å². The van der Waals surface area contributed by atoms with E-state index in [1.807, 2.05) is 0 Å². The third-order valence-corrected chi connectivity index (χ3v) is 6.67. The number of nitrogens with zero attached hydrogens (tertiary/aromatic N) is 1. The molecule has 2 rings (SSSR count). The SMILES string of the molecule is CCC1CCCN(S(=O)(=O)CC2CCCNC2)CC1. The Morgan fingerprint density at radius 1 is 1.11 bits per heavy atom. The van der Waals surface area contributed by atoms with Crippen LogP contribution in [-0.4, -0.2) is 44.7 Å². The summed E-state index contributed by atoms with van der Waals surface area (Å²) in [5.41, 5.74) is 0. The van der Waals surface area contributed by atoms with E-state index in [1.165, 1.54) is 12.8 Å². The Hall–Kier alpha value is -0.130. The van der Waals surface area contributed by atoms with Crippen LogP contribution >= 0.6 is 0 Å². The maximum Gasteiger partial charge on any atom is 0.214 e. The van der Waals surface area contributed by atoms with Crippen LogP contribution in [0.5, 0.6) is 0 Å². The van der Waals surface area contributed by atoms with E-state index in [4.69, 9.17) is 0 Å². The van der Waals surface area contributed by atoms with E-state index in [0.717, 1.165) is 57.8 Å². The lowest BCUT2D eigenvalue weighted by molar-refractivity contribution is 0.377. The first-order valence-electron chi connectivity index (χ1n) is 7.80. The summed E-state index contributed by atoms with van der Waals surface area (Å²) in [5.74, 6) is 1.37. The van der Waals surface area contributed by atoms with Gasteiger partial charge in [-0.25, -0.2) is 12.7 Å². The van der Waals surface area contributed by atoms with Gasteiger partial charge in [-0.3, -0.25) is 0 Å². The molecule has 0 aromatic rings. The predicted molar refractivity (Wildman–Crippen MR) is 78.6 cm³/mol. The second-order valence-electron chi connectivity index (χ2n) is 6.10. The molecule has 4 nitrogen and oxygen atoms in total. The van der Waals surface area contributed by atoms with Crippen LogP contribution in [0.1, 0.15) is 45.4 Å². The molecule has 112 valence electrons. The molecule has 0 aliphatic carbocycles. The quantitative estimate of drug-likeness (QED) is 0.858. The summed E-state index contributed by atoms with van der Waals surface area (Å²) >= 11 is 0. The maximum atomic E-state index is 12.5. The van der Waals surface area contributed by atoms with Crippen LogP contribution in [0.2, 0.25) is 0 Å². The van der Waals surface area contributed by atoms with Gasteiger partial charge in [0.25, 0.3) is 0 Å². The van der Waals surface area contributed by atoms with Gasteiger partial charge in [0.1, 0.15) is 0 Å². The molecule has 0 aromatic carbocycles. The van der Waals surface area contributed by atoms with Gasteiger partial charge in [0.2, 0.25) is 10.0 Å². The highest BCUT2D eigenvalue weighted by Gasteiger charge is 2.28. The summed E-state index contributed by atoms with van der Waals surface area (Å²) < 4.78 is 26.8. The molecule has 1 N–H and O–H groups in total. The predicted octanol–water partition coefficient (Wildman–Crippen LogP) is 1.83. The Morgan fingerprint density at radius 2 is 1.89 bits per heavy atom. The van der Waals surface area contributed by atoms with Crippen molar-refractivity contribution in [1.82, 2.24) is 9.62 Å². The van der Waals surface area contributed by atoms with Crippen molar-refractivity contribution in [3.8, 4) is 0 Å². The van der Waals surface area contributed by atoms with Crippen molar-refractivity contribution < 1.29 is 8.42 Å². The molecule has 2 atom stereocenters. The molecule has 19 heavy (non-hydrogen) atoms. The molecule has 2 heterocycles. The second kappa shape index (κ2) is 7.04. The number of piperidine rings is 1. The lowest BCUT2D eigenvalue weighted by Gasteiger charge is -2.26. The van der Waals surface area contributed by atoms with Crippen molar-refractivity contribution >= 4 is 10.0 Å². The molecule has 2 aliphatic rings. The zero-order chi connectivity index (χ0) is 13.7. The van der Waals surface area contributed by atoms with E-state index in [9.17, 15) is 8.42 Å². The molecule has 2 saturated heterocycles. The van der Waals surface area contributed by atoms with Gasteiger partial charge >= 0.3 is 0 Å². The third kappa shape index (κ3) is 4.43. The first-order valence-corrected chi connectivity index (χ1v) is 9.41. The summed E-state index contributed by atoms with van der Waals surface area (Å²) in [4.78, 5) is 0. The van der Waals surface area contributed by atoms with Crippen LogP contribution < -0.4 is 5.32 Å². The molecule has 0 aromatic heterocycles. The molecular formula is C14H28N2O2S. The average molecular weight is 288 g/mol. The van der Waals surface area contributed by atoms with Crippen LogP contribution in [-0.2, 0) is 10.0 Å². The maximum absolute atomic E-state index is 12.5. The zero-order valence-electron chi connectivity index (χ0n) is 12.1. The summed E-state index contributed by atoms with van der Waals surface area (Å²) in [6, 6.07) is 0. The number of rotatable bonds is 4. The van der Waals surface area contributed by atoms with E-state index < -0.39 is 10.0 Å². The summed E-state index contributed by atoms with van der Waals surface area (Å²) in [6.45, 7) is 5.59. The number of sulfonamides is 1. The van der Waals surface area contributed by atoms with Crippen molar-refractivity contribution in [1.29, 1.82) is 0 Å². The molecular weight excluding hydrogens is 260 g/mol. The van der Waals surface area contributed by atoms with E-state index in [2.05, 4.69) is 12.2 Å². The van der Waals surface area contributed by atoms with E-state index >= 15 is 0 Å². The van der Waals surface area contributed by atoms with Crippen LogP contribution in [0.25, 0.3) is 0 Å². The number of hydrogen-bond acceptors (Lipinski definition) is 3. The topological polar surface area (TPSA) is 49.4 Å². The highest BCUT2D eigenvalue weighted by atomic mass is 32.2. The average Bonchev–Trinajstić information content (AvgIpc) is 2.65. The summed E-state index contributed by atoms with van der Waals surface area (Å²) in [7, 11) is -3.04. The Balaban J connectivity index is 1.90. The lowest BCUT2D eigenvalue weighted by atomic mass is 9.98. The molecule has 2 unspecified atom stereocenters. The standard InChI is InChI=1S/C14H28N2O2S/c1-2-13-6-4-9-16(10-7-13)19(17,18)12-14-5-3-8-15-11-14/h13-15H,2-12H2,1H3. The fraction of sp³-hybridized carbons (Fsp3) is 1.00. The van der Waals surface area contributed by atoms with Gasteiger partial charge in [0, 0.05) is 13.1 Å². The largest absolute Gasteiger partial charge is 0.316 e. The fourth-order valence-corrected chi connectivity index (χ4v) is 5.18. The highest BCUT2D eigenvalue weighted by Crippen LogP contribution is 2.23. The van der Waals surface area contributed by atoms with Gasteiger partial charge in [0.15, 0.2) is 0 Å². The molecule has 0 saturated carbocycles.